The number of hydrogen-bond acceptors (Lipinski definition) is 5. The summed E-state index contributed by atoms with van der Waals surface area (Å²) in [6, 6.07) is 0. The zero-order valence-corrected chi connectivity index (χ0v) is 15.8. The molecular weight excluding hydrogens is 320 g/mol. The first-order valence-corrected chi connectivity index (χ1v) is 10.0. The van der Waals surface area contributed by atoms with Gasteiger partial charge in [0.25, 0.3) is 0 Å². The molecule has 5 nitrogen and oxygen atoms in total. The van der Waals surface area contributed by atoms with Crippen molar-refractivity contribution >= 4 is 0 Å². The van der Waals surface area contributed by atoms with Gasteiger partial charge in [-0.2, -0.15) is 0 Å². The molecule has 0 saturated carbocycles. The summed E-state index contributed by atoms with van der Waals surface area (Å²) in [5.41, 5.74) is 0. The molecule has 0 unspecified atom stereocenters. The van der Waals surface area contributed by atoms with Crippen LogP contribution in [0.1, 0.15) is 71.1 Å². The fraction of sp³-hybridized carbons (Fsp3) is 0.900. The first kappa shape index (κ1) is 22.6. The van der Waals surface area contributed by atoms with Crippen molar-refractivity contribution in [2.24, 2.45) is 0 Å². The topological polar surface area (TPSA) is 79.2 Å². The molecule has 0 amide bonds. The number of ether oxygens (including phenoxy) is 2. The maximum absolute atomic E-state index is 9.90. The molecular formula is C20H38O5. The van der Waals surface area contributed by atoms with Crippen LogP contribution in [0.2, 0.25) is 0 Å². The number of allylic oxidation sites excluding steroid dienone is 2. The van der Waals surface area contributed by atoms with Gasteiger partial charge in [0, 0.05) is 6.61 Å². The van der Waals surface area contributed by atoms with Gasteiger partial charge in [-0.15, -0.1) is 0 Å². The third kappa shape index (κ3) is 10.3. The predicted molar refractivity (Wildman–Crippen MR) is 99.6 cm³/mol. The highest BCUT2D eigenvalue weighted by Crippen LogP contribution is 2.18. The van der Waals surface area contributed by atoms with Crippen molar-refractivity contribution in [3.8, 4) is 0 Å². The molecule has 0 aromatic heterocycles. The van der Waals surface area contributed by atoms with Crippen LogP contribution < -0.4 is 0 Å². The molecule has 1 aliphatic heterocycles. The third-order valence-electron chi connectivity index (χ3n) is 4.67. The van der Waals surface area contributed by atoms with Gasteiger partial charge in [-0.25, -0.2) is 0 Å². The Morgan fingerprint density at radius 3 is 2.24 bits per heavy atom. The Labute approximate surface area is 153 Å². The molecule has 1 aliphatic rings. The minimum absolute atomic E-state index is 0.0678. The summed E-state index contributed by atoms with van der Waals surface area (Å²) in [5.74, 6) is 0. The zero-order valence-electron chi connectivity index (χ0n) is 15.8. The highest BCUT2D eigenvalue weighted by molar-refractivity contribution is 4.87. The summed E-state index contributed by atoms with van der Waals surface area (Å²) in [5, 5.41) is 28.9. The highest BCUT2D eigenvalue weighted by Gasteiger charge is 2.39. The number of hydrogen-bond donors (Lipinski definition) is 3. The van der Waals surface area contributed by atoms with E-state index in [0.29, 0.717) is 6.61 Å². The average Bonchev–Trinajstić information content (AvgIpc) is 2.94. The lowest BCUT2D eigenvalue weighted by atomic mass is 10.1. The van der Waals surface area contributed by atoms with Gasteiger partial charge in [0.15, 0.2) is 0 Å². The number of unbranched alkanes of at least 4 members (excludes halogenated alkanes) is 8. The summed E-state index contributed by atoms with van der Waals surface area (Å²) < 4.78 is 10.6. The first-order chi connectivity index (χ1) is 12.2. The summed E-state index contributed by atoms with van der Waals surface area (Å²) in [4.78, 5) is 0. The van der Waals surface area contributed by atoms with E-state index in [1.54, 1.807) is 0 Å². The van der Waals surface area contributed by atoms with Crippen LogP contribution in [0.25, 0.3) is 0 Å². The van der Waals surface area contributed by atoms with E-state index in [-0.39, 0.29) is 13.2 Å². The first-order valence-electron chi connectivity index (χ1n) is 10.0. The number of aliphatic hydroxyl groups is 3. The predicted octanol–water partition coefficient (Wildman–Crippen LogP) is 2.96. The Kier molecular flexibility index (Phi) is 13.3. The number of rotatable bonds is 15. The molecule has 1 heterocycles. The lowest BCUT2D eigenvalue weighted by molar-refractivity contribution is -0.0813. The van der Waals surface area contributed by atoms with Crippen molar-refractivity contribution in [3.63, 3.8) is 0 Å². The molecule has 0 aliphatic carbocycles. The van der Waals surface area contributed by atoms with Crippen LogP contribution in [0.4, 0.5) is 0 Å². The van der Waals surface area contributed by atoms with E-state index >= 15 is 0 Å². The van der Waals surface area contributed by atoms with Crippen LogP contribution in [0.5, 0.6) is 0 Å². The van der Waals surface area contributed by atoms with Crippen molar-refractivity contribution in [1.29, 1.82) is 0 Å². The highest BCUT2D eigenvalue weighted by atomic mass is 16.5. The van der Waals surface area contributed by atoms with Gasteiger partial charge in [-0.1, -0.05) is 57.6 Å². The molecule has 25 heavy (non-hydrogen) atoms. The minimum atomic E-state index is -1.03. The maximum atomic E-state index is 9.90. The molecule has 1 fully saturated rings. The standard InChI is InChI=1S/C20H38O5/c1-2-3-4-5-6-7-8-9-10-11-12-13-14-24-15-18(22)20-19(23)17(21)16-25-20/h3-4,17-23H,2,5-16H2,1H3/b4-3+/t17-,18+,19+,20+/m1/s1. The monoisotopic (exact) mass is 358 g/mol. The van der Waals surface area contributed by atoms with Crippen LogP contribution in [0, 0.1) is 0 Å². The quantitative estimate of drug-likeness (QED) is 0.310. The van der Waals surface area contributed by atoms with E-state index in [1.807, 2.05) is 0 Å². The second-order valence-corrected chi connectivity index (χ2v) is 6.99. The Hall–Kier alpha value is -0.460. The molecule has 0 aromatic rings. The molecule has 1 rings (SSSR count). The SMILES string of the molecule is CC/C=C/CCCCCCCCCCOC[C@H](O)[C@@H]1OC[C@@H](O)[C@@H]1O. The van der Waals surface area contributed by atoms with Gasteiger partial charge in [0.1, 0.15) is 24.4 Å². The molecule has 148 valence electrons. The third-order valence-corrected chi connectivity index (χ3v) is 4.67. The van der Waals surface area contributed by atoms with Gasteiger partial charge in [-0.05, 0) is 25.7 Å². The van der Waals surface area contributed by atoms with E-state index in [4.69, 9.17) is 9.47 Å². The van der Waals surface area contributed by atoms with E-state index in [0.717, 1.165) is 19.3 Å². The van der Waals surface area contributed by atoms with Gasteiger partial charge in [-0.3, -0.25) is 0 Å². The Morgan fingerprint density at radius 1 is 1.00 bits per heavy atom. The fourth-order valence-electron chi connectivity index (χ4n) is 3.07. The second kappa shape index (κ2) is 14.7. The summed E-state index contributed by atoms with van der Waals surface area (Å²) in [6.45, 7) is 2.99. The molecule has 0 aromatic carbocycles. The van der Waals surface area contributed by atoms with E-state index in [9.17, 15) is 15.3 Å². The maximum Gasteiger partial charge on any atom is 0.114 e. The normalized spacial score (nSPS) is 25.0. The smallest absolute Gasteiger partial charge is 0.114 e. The van der Waals surface area contributed by atoms with Crippen LogP contribution in [-0.4, -0.2) is 59.6 Å². The molecule has 1 saturated heterocycles. The number of aliphatic hydroxyl groups excluding tert-OH is 3. The molecule has 0 radical (unpaired) electrons. The minimum Gasteiger partial charge on any atom is -0.388 e. The summed E-state index contributed by atoms with van der Waals surface area (Å²) in [6.07, 6.45) is 13.3. The molecule has 0 spiro atoms. The summed E-state index contributed by atoms with van der Waals surface area (Å²) >= 11 is 0. The molecule has 4 atom stereocenters. The lowest BCUT2D eigenvalue weighted by Gasteiger charge is -2.20. The van der Waals surface area contributed by atoms with Crippen molar-refractivity contribution in [2.45, 2.75) is 95.5 Å². The second-order valence-electron chi connectivity index (χ2n) is 6.99. The zero-order chi connectivity index (χ0) is 18.3. The van der Waals surface area contributed by atoms with Gasteiger partial charge in [0.2, 0.25) is 0 Å². The average molecular weight is 359 g/mol. The van der Waals surface area contributed by atoms with Crippen molar-refractivity contribution in [3.05, 3.63) is 12.2 Å². The van der Waals surface area contributed by atoms with E-state index in [1.165, 1.54) is 44.9 Å². The summed E-state index contributed by atoms with van der Waals surface area (Å²) in [7, 11) is 0. The fourth-order valence-corrected chi connectivity index (χ4v) is 3.07. The van der Waals surface area contributed by atoms with Crippen molar-refractivity contribution in [2.75, 3.05) is 19.8 Å². The van der Waals surface area contributed by atoms with E-state index < -0.39 is 24.4 Å². The Bertz CT molecular complexity index is 334. The van der Waals surface area contributed by atoms with E-state index in [2.05, 4.69) is 19.1 Å². The van der Waals surface area contributed by atoms with Crippen LogP contribution in [-0.2, 0) is 9.47 Å². The van der Waals surface area contributed by atoms with Crippen molar-refractivity contribution in [1.82, 2.24) is 0 Å². The molecule has 3 N–H and O–H groups in total. The van der Waals surface area contributed by atoms with Gasteiger partial charge < -0.3 is 24.8 Å². The van der Waals surface area contributed by atoms with Crippen LogP contribution in [0.3, 0.4) is 0 Å². The van der Waals surface area contributed by atoms with Crippen LogP contribution in [0.15, 0.2) is 12.2 Å². The Morgan fingerprint density at radius 2 is 1.64 bits per heavy atom. The Balaban J connectivity index is 1.82. The van der Waals surface area contributed by atoms with Gasteiger partial charge >= 0.3 is 0 Å². The van der Waals surface area contributed by atoms with Gasteiger partial charge in [0.05, 0.1) is 13.2 Å². The molecule has 0 bridgehead atoms. The lowest BCUT2D eigenvalue weighted by Crippen LogP contribution is -2.40. The van der Waals surface area contributed by atoms with Crippen LogP contribution >= 0.6 is 0 Å². The van der Waals surface area contributed by atoms with Crippen molar-refractivity contribution < 1.29 is 24.8 Å². The molecule has 5 heteroatoms. The largest absolute Gasteiger partial charge is 0.388 e.